The fraction of sp³-hybridized carbons (Fsp3) is 0.300. The van der Waals surface area contributed by atoms with Gasteiger partial charge in [-0.15, -0.1) is 11.3 Å². The smallest absolute Gasteiger partial charge is 0.354 e. The van der Waals surface area contributed by atoms with Crippen LogP contribution in [-0.2, 0) is 11.2 Å². The molecule has 1 radical (unpaired) electrons. The third kappa shape index (κ3) is 6.67. The second-order valence-corrected chi connectivity index (χ2v) is 13.6. The first-order chi connectivity index (χ1) is 23.4. The maximum Gasteiger partial charge on any atom is 0.354 e. The second-order valence-electron chi connectivity index (χ2n) is 12.7. The van der Waals surface area contributed by atoms with Crippen LogP contribution in [0.25, 0.3) is 27.5 Å². The topological polar surface area (TPSA) is 77.0 Å². The Morgan fingerprint density at radius 1 is 1.19 bits per heavy atom. The van der Waals surface area contributed by atoms with Crippen molar-refractivity contribution in [3.05, 3.63) is 128 Å². The second kappa shape index (κ2) is 13.8. The number of carbonyl (C=O) groups excluding carboxylic acids is 1. The standard InChI is InChI=1S/C40H40N3O4S.H2/c1-4-19-42(20-18-28-12-13-28)36-24-35(44)38-37(47-36)33(25-48-38)29-16-14-27(15-17-29)8-7-9-31-22-26(2)21-30-23-34(40(45)46-3)43(39(30)41-31)32-10-5-6-11-32;/h7,9,12-17,21-25,32H,2,4-6,8,10-11,18-20H2,1,3H3;1H/b9-7+;. The van der Waals surface area contributed by atoms with E-state index in [1.807, 2.05) is 29.7 Å². The van der Waals surface area contributed by atoms with Crippen LogP contribution >= 0.6 is 11.3 Å². The third-order valence-electron chi connectivity index (χ3n) is 9.25. The predicted octanol–water partition coefficient (Wildman–Crippen LogP) is 7.87. The van der Waals surface area contributed by atoms with E-state index in [1.165, 1.54) is 24.0 Å². The molecule has 3 aromatic heterocycles. The Bertz CT molecular complexity index is 2160. The monoisotopic (exact) mass is 660 g/mol. The molecule has 0 N–H and O–H groups in total. The zero-order valence-corrected chi connectivity index (χ0v) is 28.4. The van der Waals surface area contributed by atoms with E-state index in [2.05, 4.69) is 65.8 Å². The molecular formula is C40H42N3O4S. The summed E-state index contributed by atoms with van der Waals surface area (Å²) < 4.78 is 14.3. The van der Waals surface area contributed by atoms with Gasteiger partial charge in [0.15, 0.2) is 11.5 Å². The van der Waals surface area contributed by atoms with Crippen molar-refractivity contribution in [1.29, 1.82) is 0 Å². The van der Waals surface area contributed by atoms with Gasteiger partial charge in [-0.3, -0.25) is 4.79 Å². The van der Waals surface area contributed by atoms with Gasteiger partial charge in [0, 0.05) is 49.2 Å². The van der Waals surface area contributed by atoms with Gasteiger partial charge < -0.3 is 18.6 Å². The highest BCUT2D eigenvalue weighted by Gasteiger charge is 2.25. The molecule has 4 aromatic rings. The van der Waals surface area contributed by atoms with Crippen LogP contribution in [0, 0.1) is 6.42 Å². The minimum atomic E-state index is -0.342. The number of nitrogens with zero attached hydrogens (tertiary/aromatic N) is 3. The molecule has 0 bridgehead atoms. The van der Waals surface area contributed by atoms with Crippen LogP contribution in [0.4, 0.5) is 5.88 Å². The number of rotatable bonds is 12. The van der Waals surface area contributed by atoms with Gasteiger partial charge >= 0.3 is 5.97 Å². The molecule has 7 nitrogen and oxygen atoms in total. The molecule has 0 unspecified atom stereocenters. The summed E-state index contributed by atoms with van der Waals surface area (Å²) in [6, 6.07) is 12.2. The van der Waals surface area contributed by atoms with Crippen molar-refractivity contribution in [2.75, 3.05) is 25.1 Å². The van der Waals surface area contributed by atoms with Crippen LogP contribution in [0.1, 0.15) is 69.0 Å². The number of methoxy groups -OCH3 is 1. The molecule has 8 heteroatoms. The number of aromatic nitrogens is 1. The van der Waals surface area contributed by atoms with Gasteiger partial charge in [0.05, 0.1) is 12.8 Å². The fourth-order valence-electron chi connectivity index (χ4n) is 6.74. The van der Waals surface area contributed by atoms with E-state index in [-0.39, 0.29) is 18.9 Å². The van der Waals surface area contributed by atoms with E-state index in [4.69, 9.17) is 14.1 Å². The zero-order chi connectivity index (χ0) is 33.2. The van der Waals surface area contributed by atoms with Crippen LogP contribution in [0.2, 0.25) is 0 Å². The molecule has 48 heavy (non-hydrogen) atoms. The van der Waals surface area contributed by atoms with Gasteiger partial charge in [0.1, 0.15) is 15.9 Å². The summed E-state index contributed by atoms with van der Waals surface area (Å²) in [6.45, 7) is 8.01. The molecule has 0 amide bonds. The maximum atomic E-state index is 13.1. The molecule has 1 aromatic carbocycles. The molecule has 2 aliphatic carbocycles. The Balaban J connectivity index is 0.00000417. The first kappa shape index (κ1) is 31.9. The molecule has 0 spiro atoms. The van der Waals surface area contributed by atoms with E-state index in [0.717, 1.165) is 96.7 Å². The van der Waals surface area contributed by atoms with Crippen LogP contribution < -0.4 is 21.0 Å². The Labute approximate surface area is 286 Å². The lowest BCUT2D eigenvalue weighted by Crippen LogP contribution is -2.32. The summed E-state index contributed by atoms with van der Waals surface area (Å²) in [7, 11) is 1.42. The van der Waals surface area contributed by atoms with Crippen molar-refractivity contribution < 1.29 is 15.4 Å². The fourth-order valence-corrected chi connectivity index (χ4v) is 7.65. The largest absolute Gasteiger partial charge is 0.464 e. The Kier molecular flexibility index (Phi) is 9.17. The quantitative estimate of drug-likeness (QED) is 0.145. The summed E-state index contributed by atoms with van der Waals surface area (Å²) in [5, 5.41) is 2.91. The maximum absolute atomic E-state index is 13.1. The minimum absolute atomic E-state index is 0. The highest BCUT2D eigenvalue weighted by Crippen LogP contribution is 2.35. The van der Waals surface area contributed by atoms with Crippen LogP contribution in [0.15, 0.2) is 104 Å². The lowest BCUT2D eigenvalue weighted by atomic mass is 10.0. The molecule has 3 aliphatic rings. The van der Waals surface area contributed by atoms with Crippen molar-refractivity contribution in [3.63, 3.8) is 0 Å². The number of benzene rings is 1. The van der Waals surface area contributed by atoms with Crippen LogP contribution in [0.5, 0.6) is 0 Å². The Hall–Kier alpha value is -4.69. The van der Waals surface area contributed by atoms with Gasteiger partial charge in [-0.25, -0.2) is 9.79 Å². The Morgan fingerprint density at radius 3 is 2.71 bits per heavy atom. The van der Waals surface area contributed by atoms with Crippen LogP contribution in [0.3, 0.4) is 0 Å². The Morgan fingerprint density at radius 2 is 1.98 bits per heavy atom. The number of thiophene rings is 1. The van der Waals surface area contributed by atoms with Crippen LogP contribution in [-0.4, -0.2) is 30.7 Å². The highest BCUT2D eigenvalue weighted by molar-refractivity contribution is 7.17. The first-order valence-corrected chi connectivity index (χ1v) is 17.7. The molecule has 247 valence electrons. The van der Waals surface area contributed by atoms with E-state index < -0.39 is 0 Å². The molecule has 1 saturated carbocycles. The van der Waals surface area contributed by atoms with Crippen molar-refractivity contribution in [1.82, 2.24) is 4.57 Å². The summed E-state index contributed by atoms with van der Waals surface area (Å²) >= 11 is 1.44. The molecular weight excluding hydrogens is 619 g/mol. The molecule has 4 heterocycles. The molecule has 0 saturated heterocycles. The number of fused-ring (bicyclic) bond motifs is 2. The average Bonchev–Trinajstić information content (AvgIpc) is 3.44. The molecule has 7 rings (SSSR count). The van der Waals surface area contributed by atoms with Crippen molar-refractivity contribution in [2.45, 2.75) is 57.9 Å². The average molecular weight is 661 g/mol. The van der Waals surface area contributed by atoms with E-state index in [0.29, 0.717) is 21.9 Å². The first-order valence-electron chi connectivity index (χ1n) is 16.8. The molecule has 1 fully saturated rings. The summed E-state index contributed by atoms with van der Waals surface area (Å²) in [5.41, 5.74) is 8.08. The van der Waals surface area contributed by atoms with Gasteiger partial charge in [0.25, 0.3) is 0 Å². The summed E-state index contributed by atoms with van der Waals surface area (Å²) in [6.07, 6.45) is 19.3. The number of carbonyl (C=O) groups is 1. The van der Waals surface area contributed by atoms with E-state index >= 15 is 0 Å². The number of hydrogen-bond acceptors (Lipinski definition) is 7. The lowest BCUT2D eigenvalue weighted by molar-refractivity contribution is 0.0585. The zero-order valence-electron chi connectivity index (χ0n) is 27.5. The van der Waals surface area contributed by atoms with Crippen molar-refractivity contribution in [2.24, 2.45) is 4.99 Å². The number of esters is 1. The highest BCUT2D eigenvalue weighted by atomic mass is 32.1. The van der Waals surface area contributed by atoms with Gasteiger partial charge in [0.2, 0.25) is 5.43 Å². The number of allylic oxidation sites excluding steroid dienone is 5. The third-order valence-corrected chi connectivity index (χ3v) is 10.2. The number of ether oxygens (including phenoxy) is 1. The lowest BCUT2D eigenvalue weighted by Gasteiger charge is -2.22. The SMILES string of the molecule is C=C1C=C(/C=C/Cc2ccc(-c3csc4c(=O)cc(N(CCC)CCC5=C[CH]5)oc34)cc2)N=c2c(cc(C(=O)OC)n2C2CCCC2)=C1.[HH]. The minimum Gasteiger partial charge on any atom is -0.464 e. The van der Waals surface area contributed by atoms with Gasteiger partial charge in [-0.05, 0) is 73.1 Å². The predicted molar refractivity (Wildman–Crippen MR) is 196 cm³/mol. The normalized spacial score (nSPS) is 15.9. The summed E-state index contributed by atoms with van der Waals surface area (Å²) in [4.78, 5) is 33.0. The van der Waals surface area contributed by atoms with Gasteiger partial charge in [-0.1, -0.05) is 68.3 Å². The molecule has 1 aliphatic heterocycles. The van der Waals surface area contributed by atoms with E-state index in [1.54, 1.807) is 6.07 Å². The number of anilines is 1. The number of hydrogen-bond donors (Lipinski definition) is 0. The molecule has 0 atom stereocenters. The van der Waals surface area contributed by atoms with Crippen molar-refractivity contribution in [3.8, 4) is 11.1 Å². The van der Waals surface area contributed by atoms with E-state index in [9.17, 15) is 9.59 Å². The van der Waals surface area contributed by atoms with Crippen molar-refractivity contribution >= 4 is 39.5 Å². The van der Waals surface area contributed by atoms with Gasteiger partial charge in [-0.2, -0.15) is 0 Å². The summed E-state index contributed by atoms with van der Waals surface area (Å²) in [5.74, 6) is 0.297.